The summed E-state index contributed by atoms with van der Waals surface area (Å²) < 4.78 is 51.8. The van der Waals surface area contributed by atoms with Gasteiger partial charge in [0.2, 0.25) is 9.84 Å². The summed E-state index contributed by atoms with van der Waals surface area (Å²) in [5, 5.41) is 15.7. The predicted octanol–water partition coefficient (Wildman–Crippen LogP) is 7.90. The Balaban J connectivity index is 0.000000992. The van der Waals surface area contributed by atoms with E-state index in [-0.39, 0.29) is 9.79 Å². The Kier molecular flexibility index (Phi) is 15.3. The van der Waals surface area contributed by atoms with E-state index in [2.05, 4.69) is 50.7 Å². The summed E-state index contributed by atoms with van der Waals surface area (Å²) in [6.45, 7) is 4.24. The number of methoxy groups -OCH3 is 2. The van der Waals surface area contributed by atoms with Crippen LogP contribution in [0.3, 0.4) is 0 Å². The molecule has 0 atom stereocenters. The maximum Gasteiger partial charge on any atom is 0.414 e. The number of unbranched alkanes of at least 4 members (excludes halogenated alkanes) is 1. The number of carboxylic acids is 2. The third-order valence-corrected chi connectivity index (χ3v) is 10.6. The van der Waals surface area contributed by atoms with Gasteiger partial charge in [0, 0.05) is 29.9 Å². The van der Waals surface area contributed by atoms with Gasteiger partial charge in [-0.3, -0.25) is 0 Å². The molecule has 4 aromatic rings. The molecule has 49 heavy (non-hydrogen) atoms. The molecule has 1 heterocycles. The van der Waals surface area contributed by atoms with Crippen molar-refractivity contribution in [3.05, 3.63) is 73.8 Å². The molecule has 0 aliphatic rings. The summed E-state index contributed by atoms with van der Waals surface area (Å²) in [5.41, 5.74) is 1.67. The number of aryl methyl sites for hydroxylation is 1. The van der Waals surface area contributed by atoms with Gasteiger partial charge < -0.3 is 33.7 Å². The van der Waals surface area contributed by atoms with Crippen LogP contribution in [0.4, 0.5) is 0 Å². The molecule has 15 heteroatoms. The Labute approximate surface area is 307 Å². The van der Waals surface area contributed by atoms with Crippen LogP contribution in [0.1, 0.15) is 37.5 Å². The zero-order valence-corrected chi connectivity index (χ0v) is 32.2. The van der Waals surface area contributed by atoms with E-state index in [9.17, 15) is 8.42 Å². The van der Waals surface area contributed by atoms with Crippen molar-refractivity contribution in [2.75, 3.05) is 41.0 Å². The summed E-state index contributed by atoms with van der Waals surface area (Å²) in [4.78, 5) is 20.7. The maximum absolute atomic E-state index is 14.0. The van der Waals surface area contributed by atoms with Crippen LogP contribution in [0.15, 0.2) is 71.7 Å². The Morgan fingerprint density at radius 1 is 0.898 bits per heavy atom. The van der Waals surface area contributed by atoms with Crippen LogP contribution in [0.2, 0.25) is 5.02 Å². The lowest BCUT2D eigenvalue weighted by Gasteiger charge is -2.18. The van der Waals surface area contributed by atoms with Gasteiger partial charge in [-0.15, -0.1) is 0 Å². The summed E-state index contributed by atoms with van der Waals surface area (Å²) in [5.74, 6) is -1.20. The second kappa shape index (κ2) is 18.6. The predicted molar refractivity (Wildman–Crippen MR) is 193 cm³/mol. The molecule has 1 aromatic heterocycles. The van der Waals surface area contributed by atoms with E-state index >= 15 is 0 Å². The van der Waals surface area contributed by atoms with Gasteiger partial charge in [0.1, 0.15) is 22.0 Å². The van der Waals surface area contributed by atoms with E-state index in [1.54, 1.807) is 44.6 Å². The number of fused-ring (bicyclic) bond motifs is 1. The highest BCUT2D eigenvalue weighted by Gasteiger charge is 2.29. The SMILES string of the molecule is CCCCc1oc2ccc(Cl)cc2c1S(=O)(=O)c1cc(Br)c(OCCCN(C)CCc2ccc(OC)c(OC)c2)c(Br)c1.O=C(O)C(=O)O. The summed E-state index contributed by atoms with van der Waals surface area (Å²) >= 11 is 13.3. The van der Waals surface area contributed by atoms with Gasteiger partial charge in [-0.1, -0.05) is 31.0 Å². The monoisotopic (exact) mass is 845 g/mol. The van der Waals surface area contributed by atoms with Crippen molar-refractivity contribution >= 4 is 76.2 Å². The lowest BCUT2D eigenvalue weighted by Crippen LogP contribution is -2.23. The van der Waals surface area contributed by atoms with Crippen molar-refractivity contribution in [3.63, 3.8) is 0 Å². The molecule has 0 radical (unpaired) electrons. The number of ether oxygens (including phenoxy) is 3. The maximum atomic E-state index is 14.0. The zero-order valence-electron chi connectivity index (χ0n) is 27.4. The highest BCUT2D eigenvalue weighted by molar-refractivity contribution is 9.11. The molecule has 0 spiro atoms. The molecule has 3 aromatic carbocycles. The minimum atomic E-state index is -3.93. The number of sulfone groups is 1. The van der Waals surface area contributed by atoms with Crippen molar-refractivity contribution < 1.29 is 46.8 Å². The Morgan fingerprint density at radius 3 is 2.14 bits per heavy atom. The first-order valence-electron chi connectivity index (χ1n) is 15.2. The minimum absolute atomic E-state index is 0.133. The normalized spacial score (nSPS) is 11.3. The number of benzene rings is 3. The van der Waals surface area contributed by atoms with Gasteiger partial charge in [-0.25, -0.2) is 18.0 Å². The first-order chi connectivity index (χ1) is 23.2. The third kappa shape index (κ3) is 10.8. The number of nitrogens with zero attached hydrogens (tertiary/aromatic N) is 1. The average Bonchev–Trinajstić information content (AvgIpc) is 3.43. The van der Waals surface area contributed by atoms with Crippen LogP contribution in [-0.4, -0.2) is 76.4 Å². The summed E-state index contributed by atoms with van der Waals surface area (Å²) in [6, 6.07) is 14.2. The van der Waals surface area contributed by atoms with Gasteiger partial charge in [0.05, 0.1) is 34.7 Å². The largest absolute Gasteiger partial charge is 0.493 e. The van der Waals surface area contributed by atoms with E-state index in [0.717, 1.165) is 50.3 Å². The van der Waals surface area contributed by atoms with Gasteiger partial charge in [-0.2, -0.15) is 0 Å². The molecule has 0 amide bonds. The van der Waals surface area contributed by atoms with E-state index in [0.29, 0.717) is 49.5 Å². The topological polar surface area (TPSA) is 153 Å². The fraction of sp³-hybridized carbons (Fsp3) is 0.353. The van der Waals surface area contributed by atoms with Crippen LogP contribution in [0, 0.1) is 0 Å². The second-order valence-corrected chi connectivity index (χ2v) is 14.9. The number of halogens is 3. The lowest BCUT2D eigenvalue weighted by atomic mass is 10.1. The number of likely N-dealkylation sites (N-methyl/N-ethyl adjacent to an activating group) is 1. The van der Waals surface area contributed by atoms with Crippen molar-refractivity contribution in [1.82, 2.24) is 4.90 Å². The molecule has 0 saturated heterocycles. The van der Waals surface area contributed by atoms with Crippen LogP contribution >= 0.6 is 43.5 Å². The number of rotatable bonds is 15. The molecular weight excluding hydrogens is 810 g/mol. The molecule has 0 fully saturated rings. The molecule has 4 rings (SSSR count). The molecular formula is C34H38Br2ClNO10S. The van der Waals surface area contributed by atoms with E-state index < -0.39 is 21.8 Å². The van der Waals surface area contributed by atoms with Gasteiger partial charge in [-0.05, 0) is 106 Å². The number of hydrogen-bond donors (Lipinski definition) is 2. The van der Waals surface area contributed by atoms with E-state index in [1.165, 1.54) is 5.56 Å². The Hall–Kier alpha value is -3.30. The van der Waals surface area contributed by atoms with Crippen LogP contribution in [0.25, 0.3) is 11.0 Å². The highest BCUT2D eigenvalue weighted by Crippen LogP contribution is 2.41. The number of hydrogen-bond acceptors (Lipinski definition) is 9. The highest BCUT2D eigenvalue weighted by atomic mass is 79.9. The van der Waals surface area contributed by atoms with Crippen LogP contribution in [0.5, 0.6) is 17.2 Å². The third-order valence-electron chi connectivity index (χ3n) is 7.32. The number of carbonyl (C=O) groups is 2. The molecule has 0 bridgehead atoms. The average molecular weight is 848 g/mol. The molecule has 11 nitrogen and oxygen atoms in total. The van der Waals surface area contributed by atoms with Crippen molar-refractivity contribution in [2.24, 2.45) is 0 Å². The number of carboxylic acid groups (broad SMARTS) is 2. The number of furan rings is 1. The first kappa shape index (κ1) is 40.1. The molecule has 0 saturated carbocycles. The molecule has 2 N–H and O–H groups in total. The number of aliphatic carboxylic acids is 2. The van der Waals surface area contributed by atoms with Crippen LogP contribution < -0.4 is 14.2 Å². The zero-order chi connectivity index (χ0) is 36.3. The smallest absolute Gasteiger partial charge is 0.414 e. The molecule has 0 aliphatic heterocycles. The van der Waals surface area contributed by atoms with Crippen LogP contribution in [-0.2, 0) is 32.3 Å². The van der Waals surface area contributed by atoms with Gasteiger partial charge in [0.25, 0.3) is 0 Å². The quantitative estimate of drug-likeness (QED) is 0.0887. The molecule has 0 aliphatic carbocycles. The van der Waals surface area contributed by atoms with Crippen molar-refractivity contribution in [3.8, 4) is 17.2 Å². The van der Waals surface area contributed by atoms with Crippen molar-refractivity contribution in [2.45, 2.75) is 48.8 Å². The lowest BCUT2D eigenvalue weighted by molar-refractivity contribution is -0.159. The first-order valence-corrected chi connectivity index (χ1v) is 18.6. The van der Waals surface area contributed by atoms with Gasteiger partial charge in [0.15, 0.2) is 11.5 Å². The molecule has 0 unspecified atom stereocenters. The molecule has 266 valence electrons. The minimum Gasteiger partial charge on any atom is -0.493 e. The van der Waals surface area contributed by atoms with Gasteiger partial charge >= 0.3 is 11.9 Å². The Morgan fingerprint density at radius 2 is 1.55 bits per heavy atom. The standard InChI is InChI=1S/C32H36Br2ClNO6S.C2H2O4/c1-5-6-8-29-32(24-18-22(35)10-12-27(24)42-29)43(37,38)23-19-25(33)31(26(34)20-23)41-16-7-14-36(2)15-13-21-9-11-28(39-3)30(17-21)40-4;3-1(4)2(5)6/h9-12,17-20H,5-8,13-16H2,1-4H3;(H,3,4)(H,5,6). The fourth-order valence-electron chi connectivity index (χ4n) is 4.82. The van der Waals surface area contributed by atoms with Crippen molar-refractivity contribution in [1.29, 1.82) is 0 Å². The fourth-order valence-corrected chi connectivity index (χ4v) is 8.38. The van der Waals surface area contributed by atoms with E-state index in [4.69, 9.17) is 50.0 Å². The summed E-state index contributed by atoms with van der Waals surface area (Å²) in [7, 11) is 1.42. The summed E-state index contributed by atoms with van der Waals surface area (Å²) in [6.07, 6.45) is 3.91. The Bertz CT molecular complexity index is 1850. The van der Waals surface area contributed by atoms with E-state index in [1.807, 2.05) is 18.2 Å². The second-order valence-electron chi connectivity index (χ2n) is 10.9.